The van der Waals surface area contributed by atoms with Crippen molar-refractivity contribution >= 4 is 33.6 Å². The number of nitrogens with zero attached hydrogens (tertiary/aromatic N) is 1. The Kier molecular flexibility index (Phi) is 6.69. The van der Waals surface area contributed by atoms with Crippen molar-refractivity contribution < 1.29 is 13.9 Å². The minimum atomic E-state index is -0.421. The Morgan fingerprint density at radius 2 is 2.04 bits per heavy atom. The van der Waals surface area contributed by atoms with E-state index in [0.29, 0.717) is 12.3 Å². The summed E-state index contributed by atoms with van der Waals surface area (Å²) >= 11 is 4.93. The van der Waals surface area contributed by atoms with Crippen molar-refractivity contribution in [3.63, 3.8) is 0 Å². The molecule has 0 fully saturated rings. The number of ether oxygens (including phenoxy) is 1. The van der Waals surface area contributed by atoms with Gasteiger partial charge in [0.15, 0.2) is 11.6 Å². The average molecular weight is 412 g/mol. The number of carbonyl (C=O) groups excluding carboxylic acids is 1. The number of hydrogen-bond acceptors (Lipinski definition) is 3. The van der Waals surface area contributed by atoms with E-state index >= 15 is 0 Å². The van der Waals surface area contributed by atoms with Gasteiger partial charge in [-0.1, -0.05) is 22.0 Å². The number of halogens is 2. The molecule has 6 heteroatoms. The second-order valence-electron chi connectivity index (χ2n) is 5.42. The van der Waals surface area contributed by atoms with Crippen molar-refractivity contribution in [2.24, 2.45) is 0 Å². The summed E-state index contributed by atoms with van der Waals surface area (Å²) in [5.41, 5.74) is 1.86. The monoisotopic (exact) mass is 411 g/mol. The first-order valence-electron chi connectivity index (χ1n) is 7.36. The van der Waals surface area contributed by atoms with Gasteiger partial charge in [0, 0.05) is 23.0 Å². The number of benzene rings is 2. The van der Waals surface area contributed by atoms with E-state index in [0.717, 1.165) is 20.5 Å². The summed E-state index contributed by atoms with van der Waals surface area (Å²) < 4.78 is 19.6. The molecule has 0 aliphatic rings. The summed E-state index contributed by atoms with van der Waals surface area (Å²) in [6.45, 7) is 2.38. The van der Waals surface area contributed by atoms with Crippen LogP contribution in [-0.2, 0) is 11.3 Å². The van der Waals surface area contributed by atoms with Crippen LogP contribution in [0.4, 0.5) is 4.39 Å². The number of thioether (sulfide) groups is 1. The molecule has 0 aliphatic carbocycles. The third kappa shape index (κ3) is 4.98. The van der Waals surface area contributed by atoms with Crippen molar-refractivity contribution in [3.05, 3.63) is 57.8 Å². The molecule has 24 heavy (non-hydrogen) atoms. The predicted molar refractivity (Wildman–Crippen MR) is 99.0 cm³/mol. The minimum Gasteiger partial charge on any atom is -0.494 e. The Morgan fingerprint density at radius 3 is 2.67 bits per heavy atom. The fourth-order valence-electron chi connectivity index (χ4n) is 2.19. The molecule has 0 N–H and O–H groups in total. The molecule has 0 unspecified atom stereocenters. The summed E-state index contributed by atoms with van der Waals surface area (Å²) in [5, 5.41) is 0. The SMILES string of the molecule is COc1ccc(CN(C)C(=O)CSc2ccc(Br)cc2C)cc1F. The maximum absolute atomic E-state index is 13.7. The summed E-state index contributed by atoms with van der Waals surface area (Å²) in [5.74, 6) is 0.126. The predicted octanol–water partition coefficient (Wildman–Crippen LogP) is 4.66. The van der Waals surface area contributed by atoms with Crippen molar-refractivity contribution in [3.8, 4) is 5.75 Å². The van der Waals surface area contributed by atoms with Gasteiger partial charge in [-0.3, -0.25) is 4.79 Å². The largest absolute Gasteiger partial charge is 0.494 e. The lowest BCUT2D eigenvalue weighted by Gasteiger charge is -2.18. The van der Waals surface area contributed by atoms with Gasteiger partial charge in [0.05, 0.1) is 12.9 Å². The summed E-state index contributed by atoms with van der Waals surface area (Å²) in [4.78, 5) is 15.0. The van der Waals surface area contributed by atoms with E-state index in [4.69, 9.17) is 4.74 Å². The number of rotatable bonds is 6. The van der Waals surface area contributed by atoms with Gasteiger partial charge in [-0.2, -0.15) is 0 Å². The van der Waals surface area contributed by atoms with Crippen molar-refractivity contribution in [2.75, 3.05) is 19.9 Å². The second-order valence-corrected chi connectivity index (χ2v) is 7.35. The lowest BCUT2D eigenvalue weighted by molar-refractivity contribution is -0.127. The van der Waals surface area contributed by atoms with Gasteiger partial charge in [0.1, 0.15) is 0 Å². The number of aryl methyl sites for hydroxylation is 1. The fraction of sp³-hybridized carbons (Fsp3) is 0.278. The zero-order valence-corrected chi connectivity index (χ0v) is 16.2. The van der Waals surface area contributed by atoms with E-state index in [1.165, 1.54) is 24.9 Å². The second kappa shape index (κ2) is 8.53. The molecule has 0 saturated heterocycles. The fourth-order valence-corrected chi connectivity index (χ4v) is 3.62. The highest BCUT2D eigenvalue weighted by Crippen LogP contribution is 2.25. The van der Waals surface area contributed by atoms with Crippen molar-refractivity contribution in [2.45, 2.75) is 18.4 Å². The van der Waals surface area contributed by atoms with Crippen LogP contribution < -0.4 is 4.74 Å². The normalized spacial score (nSPS) is 10.5. The molecule has 0 spiro atoms. The van der Waals surface area contributed by atoms with E-state index in [1.807, 2.05) is 25.1 Å². The maximum Gasteiger partial charge on any atom is 0.232 e. The lowest BCUT2D eigenvalue weighted by Crippen LogP contribution is -2.27. The summed E-state index contributed by atoms with van der Waals surface area (Å²) in [6.07, 6.45) is 0. The van der Waals surface area contributed by atoms with Crippen LogP contribution in [0.25, 0.3) is 0 Å². The Hall–Kier alpha value is -1.53. The van der Waals surface area contributed by atoms with Crippen LogP contribution >= 0.6 is 27.7 Å². The van der Waals surface area contributed by atoms with Crippen LogP contribution in [0, 0.1) is 12.7 Å². The van der Waals surface area contributed by atoms with Crippen LogP contribution in [0.3, 0.4) is 0 Å². The van der Waals surface area contributed by atoms with E-state index in [-0.39, 0.29) is 11.7 Å². The third-order valence-corrected chi connectivity index (χ3v) is 5.20. The lowest BCUT2D eigenvalue weighted by atomic mass is 10.2. The molecule has 0 atom stereocenters. The molecular weight excluding hydrogens is 393 g/mol. The molecule has 0 radical (unpaired) electrons. The highest BCUT2D eigenvalue weighted by atomic mass is 79.9. The van der Waals surface area contributed by atoms with E-state index < -0.39 is 5.82 Å². The standard InChI is InChI=1S/C18H19BrFNO2S/c1-12-8-14(19)5-7-17(12)24-11-18(22)21(2)10-13-4-6-16(23-3)15(20)9-13/h4-9H,10-11H2,1-3H3. The van der Waals surface area contributed by atoms with Gasteiger partial charge in [0.2, 0.25) is 5.91 Å². The van der Waals surface area contributed by atoms with Crippen molar-refractivity contribution in [1.82, 2.24) is 4.90 Å². The van der Waals surface area contributed by atoms with Gasteiger partial charge in [0.25, 0.3) is 0 Å². The molecule has 0 heterocycles. The molecule has 1 amide bonds. The first kappa shape index (κ1) is 18.8. The first-order valence-corrected chi connectivity index (χ1v) is 9.14. The number of hydrogen-bond donors (Lipinski definition) is 0. The average Bonchev–Trinajstić information content (AvgIpc) is 2.54. The third-order valence-electron chi connectivity index (χ3n) is 3.55. The number of carbonyl (C=O) groups is 1. The summed E-state index contributed by atoms with van der Waals surface area (Å²) in [7, 11) is 3.15. The molecule has 0 saturated carbocycles. The van der Waals surface area contributed by atoms with Crippen LogP contribution in [-0.4, -0.2) is 30.7 Å². The summed E-state index contributed by atoms with van der Waals surface area (Å²) in [6, 6.07) is 10.7. The van der Waals surface area contributed by atoms with E-state index in [1.54, 1.807) is 24.1 Å². The van der Waals surface area contributed by atoms with Gasteiger partial charge in [-0.25, -0.2) is 4.39 Å². The Bertz CT molecular complexity index is 739. The highest BCUT2D eigenvalue weighted by Gasteiger charge is 2.12. The molecule has 0 bridgehead atoms. The molecule has 2 rings (SSSR count). The molecular formula is C18H19BrFNO2S. The Labute approximate surface area is 154 Å². The maximum atomic E-state index is 13.7. The molecule has 2 aromatic rings. The van der Waals surface area contributed by atoms with Crippen LogP contribution in [0.15, 0.2) is 45.8 Å². The molecule has 128 valence electrons. The van der Waals surface area contributed by atoms with Gasteiger partial charge >= 0.3 is 0 Å². The van der Waals surface area contributed by atoms with Gasteiger partial charge in [-0.15, -0.1) is 11.8 Å². The zero-order chi connectivity index (χ0) is 17.7. The highest BCUT2D eigenvalue weighted by molar-refractivity contribution is 9.10. The zero-order valence-electron chi connectivity index (χ0n) is 13.8. The quantitative estimate of drug-likeness (QED) is 0.647. The Morgan fingerprint density at radius 1 is 1.29 bits per heavy atom. The van der Waals surface area contributed by atoms with Crippen LogP contribution in [0.5, 0.6) is 5.75 Å². The smallest absolute Gasteiger partial charge is 0.232 e. The molecule has 2 aromatic carbocycles. The Balaban J connectivity index is 1.93. The topological polar surface area (TPSA) is 29.5 Å². The number of methoxy groups -OCH3 is 1. The van der Waals surface area contributed by atoms with Gasteiger partial charge < -0.3 is 9.64 Å². The molecule has 0 aliphatic heterocycles. The minimum absolute atomic E-state index is 0.00135. The number of amides is 1. The van der Waals surface area contributed by atoms with Crippen LogP contribution in [0.1, 0.15) is 11.1 Å². The first-order chi connectivity index (χ1) is 11.4. The van der Waals surface area contributed by atoms with Crippen LogP contribution in [0.2, 0.25) is 0 Å². The molecule has 0 aromatic heterocycles. The van der Waals surface area contributed by atoms with E-state index in [9.17, 15) is 9.18 Å². The molecule has 3 nitrogen and oxygen atoms in total. The van der Waals surface area contributed by atoms with Gasteiger partial charge in [-0.05, 0) is 48.4 Å². The van der Waals surface area contributed by atoms with E-state index in [2.05, 4.69) is 15.9 Å². The van der Waals surface area contributed by atoms with Crippen molar-refractivity contribution in [1.29, 1.82) is 0 Å².